The third-order valence-corrected chi connectivity index (χ3v) is 5.04. The molecular formula is C25H19FN2O6. The summed E-state index contributed by atoms with van der Waals surface area (Å²) in [6.45, 7) is 0.0991. The number of rotatable bonds is 6. The number of phenolic OH excluding ortho intramolecular Hbond substituents is 1. The Balaban J connectivity index is 1.67. The lowest BCUT2D eigenvalue weighted by Gasteiger charge is -2.26. The van der Waals surface area contributed by atoms with Crippen LogP contribution in [0, 0.1) is 5.82 Å². The lowest BCUT2D eigenvalue weighted by molar-refractivity contribution is -0.122. The number of anilines is 1. The van der Waals surface area contributed by atoms with Crippen molar-refractivity contribution in [1.29, 1.82) is 0 Å². The number of benzene rings is 3. The van der Waals surface area contributed by atoms with Crippen molar-refractivity contribution in [3.05, 3.63) is 89.2 Å². The molecule has 1 heterocycles. The molecule has 0 aliphatic carbocycles. The molecule has 4 rings (SSSR count). The van der Waals surface area contributed by atoms with Crippen LogP contribution in [0.25, 0.3) is 6.08 Å². The standard InChI is InChI=1S/C25H19FN2O6/c1-33-20-11-4-16(22(13-20)34-14-15-2-5-17(26)6-3-15)12-21-23(30)27-25(32)28(24(21)31)18-7-9-19(29)10-8-18/h2-13,29H,14H2,1H3,(H,27,30,32)/b21-12+. The van der Waals surface area contributed by atoms with Crippen molar-refractivity contribution in [2.75, 3.05) is 12.0 Å². The quantitative estimate of drug-likeness (QED) is 0.427. The van der Waals surface area contributed by atoms with Crippen molar-refractivity contribution < 1.29 is 33.4 Å². The molecule has 0 atom stereocenters. The molecule has 34 heavy (non-hydrogen) atoms. The van der Waals surface area contributed by atoms with Crippen LogP contribution < -0.4 is 19.7 Å². The molecule has 0 aromatic heterocycles. The molecule has 3 aromatic rings. The van der Waals surface area contributed by atoms with E-state index in [1.807, 2.05) is 0 Å². The number of amides is 4. The van der Waals surface area contributed by atoms with E-state index in [4.69, 9.17) is 9.47 Å². The number of aromatic hydroxyl groups is 1. The van der Waals surface area contributed by atoms with Crippen molar-refractivity contribution in [1.82, 2.24) is 5.32 Å². The fourth-order valence-electron chi connectivity index (χ4n) is 3.28. The van der Waals surface area contributed by atoms with Gasteiger partial charge in [-0.25, -0.2) is 14.1 Å². The highest BCUT2D eigenvalue weighted by molar-refractivity contribution is 6.39. The number of nitrogens with zero attached hydrogens (tertiary/aromatic N) is 1. The third-order valence-electron chi connectivity index (χ3n) is 5.04. The number of ether oxygens (including phenoxy) is 2. The molecule has 1 aliphatic rings. The topological polar surface area (TPSA) is 105 Å². The summed E-state index contributed by atoms with van der Waals surface area (Å²) in [4.78, 5) is 38.8. The zero-order chi connectivity index (χ0) is 24.2. The van der Waals surface area contributed by atoms with E-state index in [0.29, 0.717) is 22.6 Å². The summed E-state index contributed by atoms with van der Waals surface area (Å²) in [5, 5.41) is 11.6. The summed E-state index contributed by atoms with van der Waals surface area (Å²) in [5.74, 6) is -1.31. The van der Waals surface area contributed by atoms with Crippen LogP contribution in [0.15, 0.2) is 72.3 Å². The molecule has 8 nitrogen and oxygen atoms in total. The van der Waals surface area contributed by atoms with Crippen LogP contribution in [0.1, 0.15) is 11.1 Å². The number of nitrogens with one attached hydrogen (secondary N) is 1. The van der Waals surface area contributed by atoms with Crippen LogP contribution in [-0.2, 0) is 16.2 Å². The Hall–Kier alpha value is -4.66. The zero-order valence-corrected chi connectivity index (χ0v) is 17.9. The van der Waals surface area contributed by atoms with Crippen molar-refractivity contribution in [2.24, 2.45) is 0 Å². The van der Waals surface area contributed by atoms with Crippen LogP contribution in [0.5, 0.6) is 17.2 Å². The number of phenols is 1. The largest absolute Gasteiger partial charge is 0.508 e. The van der Waals surface area contributed by atoms with Gasteiger partial charge < -0.3 is 14.6 Å². The highest BCUT2D eigenvalue weighted by Crippen LogP contribution is 2.30. The molecule has 0 spiro atoms. The molecule has 4 amide bonds. The Morgan fingerprint density at radius 1 is 1.00 bits per heavy atom. The molecule has 1 aliphatic heterocycles. The number of methoxy groups -OCH3 is 1. The Bertz CT molecular complexity index is 1290. The molecule has 0 bridgehead atoms. The highest BCUT2D eigenvalue weighted by atomic mass is 19.1. The molecular weight excluding hydrogens is 443 g/mol. The highest BCUT2D eigenvalue weighted by Gasteiger charge is 2.37. The number of urea groups is 1. The first kappa shape index (κ1) is 22.5. The van der Waals surface area contributed by atoms with E-state index < -0.39 is 17.8 Å². The van der Waals surface area contributed by atoms with Crippen molar-refractivity contribution in [3.8, 4) is 17.2 Å². The van der Waals surface area contributed by atoms with Crippen LogP contribution in [0.4, 0.5) is 14.9 Å². The zero-order valence-electron chi connectivity index (χ0n) is 17.9. The first-order valence-electron chi connectivity index (χ1n) is 10.1. The van der Waals surface area contributed by atoms with Gasteiger partial charge in [0.1, 0.15) is 35.2 Å². The normalized spacial score (nSPS) is 14.8. The van der Waals surface area contributed by atoms with Gasteiger partial charge in [-0.2, -0.15) is 0 Å². The Morgan fingerprint density at radius 2 is 1.71 bits per heavy atom. The number of barbiturate groups is 1. The van der Waals surface area contributed by atoms with Gasteiger partial charge in [0.25, 0.3) is 11.8 Å². The fraction of sp³-hybridized carbons (Fsp3) is 0.0800. The number of imide groups is 2. The van der Waals surface area contributed by atoms with Gasteiger partial charge in [-0.05, 0) is 60.2 Å². The van der Waals surface area contributed by atoms with E-state index in [2.05, 4.69) is 5.32 Å². The van der Waals surface area contributed by atoms with Gasteiger partial charge in [0.05, 0.1) is 12.8 Å². The second kappa shape index (κ2) is 9.45. The molecule has 9 heteroatoms. The SMILES string of the molecule is COc1ccc(/C=C2\C(=O)NC(=O)N(c3ccc(O)cc3)C2=O)c(OCc2ccc(F)cc2)c1. The van der Waals surface area contributed by atoms with Gasteiger partial charge in [-0.15, -0.1) is 0 Å². The number of hydrogen-bond acceptors (Lipinski definition) is 6. The van der Waals surface area contributed by atoms with Crippen LogP contribution in [-0.4, -0.2) is 30.1 Å². The lowest BCUT2D eigenvalue weighted by Crippen LogP contribution is -2.54. The minimum absolute atomic E-state index is 0.0402. The summed E-state index contributed by atoms with van der Waals surface area (Å²) in [5.41, 5.74) is 0.991. The van der Waals surface area contributed by atoms with Crippen LogP contribution in [0.3, 0.4) is 0 Å². The van der Waals surface area contributed by atoms with Gasteiger partial charge in [0, 0.05) is 11.6 Å². The monoisotopic (exact) mass is 462 g/mol. The number of carbonyl (C=O) groups is 3. The Labute approximate surface area is 193 Å². The van der Waals surface area contributed by atoms with Gasteiger partial charge >= 0.3 is 6.03 Å². The van der Waals surface area contributed by atoms with E-state index in [-0.39, 0.29) is 29.4 Å². The van der Waals surface area contributed by atoms with E-state index in [1.54, 1.807) is 30.3 Å². The predicted molar refractivity (Wildman–Crippen MR) is 121 cm³/mol. The molecule has 1 saturated heterocycles. The van der Waals surface area contributed by atoms with E-state index >= 15 is 0 Å². The maximum Gasteiger partial charge on any atom is 0.335 e. The van der Waals surface area contributed by atoms with E-state index in [0.717, 1.165) is 4.90 Å². The summed E-state index contributed by atoms with van der Waals surface area (Å²) in [6.07, 6.45) is 1.32. The second-order valence-electron chi connectivity index (χ2n) is 7.29. The third kappa shape index (κ3) is 4.73. The molecule has 2 N–H and O–H groups in total. The number of hydrogen-bond donors (Lipinski definition) is 2. The van der Waals surface area contributed by atoms with E-state index in [1.165, 1.54) is 49.6 Å². The average Bonchev–Trinajstić information content (AvgIpc) is 2.83. The first-order chi connectivity index (χ1) is 16.4. The van der Waals surface area contributed by atoms with E-state index in [9.17, 15) is 23.9 Å². The van der Waals surface area contributed by atoms with Gasteiger partial charge in [0.15, 0.2) is 0 Å². The number of halogens is 1. The molecule has 172 valence electrons. The van der Waals surface area contributed by atoms with Crippen molar-refractivity contribution >= 4 is 29.6 Å². The fourth-order valence-corrected chi connectivity index (χ4v) is 3.28. The van der Waals surface area contributed by atoms with Crippen molar-refractivity contribution in [2.45, 2.75) is 6.61 Å². The minimum Gasteiger partial charge on any atom is -0.508 e. The molecule has 0 radical (unpaired) electrons. The van der Waals surface area contributed by atoms with Crippen LogP contribution >= 0.6 is 0 Å². The summed E-state index contributed by atoms with van der Waals surface area (Å²) >= 11 is 0. The first-order valence-corrected chi connectivity index (χ1v) is 10.1. The Kier molecular flexibility index (Phi) is 6.26. The summed E-state index contributed by atoms with van der Waals surface area (Å²) < 4.78 is 24.3. The summed E-state index contributed by atoms with van der Waals surface area (Å²) in [6, 6.07) is 15.1. The lowest BCUT2D eigenvalue weighted by atomic mass is 10.1. The maximum atomic E-state index is 13.2. The average molecular weight is 462 g/mol. The van der Waals surface area contributed by atoms with Gasteiger partial charge in [-0.3, -0.25) is 14.9 Å². The maximum absolute atomic E-state index is 13.2. The molecule has 0 saturated carbocycles. The predicted octanol–water partition coefficient (Wildman–Crippen LogP) is 3.79. The second-order valence-corrected chi connectivity index (χ2v) is 7.29. The summed E-state index contributed by atoms with van der Waals surface area (Å²) in [7, 11) is 1.48. The molecule has 1 fully saturated rings. The molecule has 0 unspecified atom stereocenters. The smallest absolute Gasteiger partial charge is 0.335 e. The minimum atomic E-state index is -0.902. The van der Waals surface area contributed by atoms with Gasteiger partial charge in [-0.1, -0.05) is 12.1 Å². The molecule has 3 aromatic carbocycles. The Morgan fingerprint density at radius 3 is 2.38 bits per heavy atom. The van der Waals surface area contributed by atoms with Crippen molar-refractivity contribution in [3.63, 3.8) is 0 Å². The van der Waals surface area contributed by atoms with Gasteiger partial charge in [0.2, 0.25) is 0 Å². The van der Waals surface area contributed by atoms with Crippen LogP contribution in [0.2, 0.25) is 0 Å². The number of carbonyl (C=O) groups excluding carboxylic acids is 3.